The zero-order chi connectivity index (χ0) is 10.5. The van der Waals surface area contributed by atoms with Gasteiger partial charge in [0.25, 0.3) is 0 Å². The van der Waals surface area contributed by atoms with Gasteiger partial charge in [-0.25, -0.2) is 0 Å². The van der Waals surface area contributed by atoms with Gasteiger partial charge in [-0.1, -0.05) is 12.8 Å². The number of hydrogen-bond donors (Lipinski definition) is 1. The van der Waals surface area contributed by atoms with E-state index in [1.807, 2.05) is 0 Å². The standard InChI is InChI=1S/C13H21NO/c1-9(15)14-13-6-10-2-3-11(7-13)5-12(4-10)8-13/h10-12H,2-8H2,1H3,(H,14,15). The van der Waals surface area contributed by atoms with Crippen LogP contribution in [-0.2, 0) is 4.79 Å². The topological polar surface area (TPSA) is 29.1 Å². The van der Waals surface area contributed by atoms with Gasteiger partial charge < -0.3 is 5.32 Å². The van der Waals surface area contributed by atoms with Crippen molar-refractivity contribution in [2.75, 3.05) is 0 Å². The predicted octanol–water partition coefficient (Wildman–Crippen LogP) is 2.48. The van der Waals surface area contributed by atoms with E-state index in [0.717, 1.165) is 17.8 Å². The molecule has 4 bridgehead atoms. The van der Waals surface area contributed by atoms with E-state index in [0.29, 0.717) is 0 Å². The quantitative estimate of drug-likeness (QED) is 0.703. The smallest absolute Gasteiger partial charge is 0.217 e. The molecule has 0 aromatic heterocycles. The molecule has 4 saturated carbocycles. The lowest BCUT2D eigenvalue weighted by molar-refractivity contribution is -0.122. The molecule has 0 saturated heterocycles. The first-order valence-corrected chi connectivity index (χ1v) is 6.44. The molecule has 1 amide bonds. The monoisotopic (exact) mass is 207 g/mol. The molecule has 0 aromatic carbocycles. The molecule has 4 aliphatic carbocycles. The van der Waals surface area contributed by atoms with Gasteiger partial charge in [0.15, 0.2) is 0 Å². The van der Waals surface area contributed by atoms with Gasteiger partial charge in [0.2, 0.25) is 5.91 Å². The Bertz CT molecular complexity index is 270. The molecule has 15 heavy (non-hydrogen) atoms. The van der Waals surface area contributed by atoms with Crippen molar-refractivity contribution in [3.05, 3.63) is 0 Å². The molecule has 0 radical (unpaired) electrons. The number of carbonyl (C=O) groups excluding carboxylic acids is 1. The summed E-state index contributed by atoms with van der Waals surface area (Å²) in [5, 5.41) is 3.29. The van der Waals surface area contributed by atoms with E-state index in [1.165, 1.54) is 44.9 Å². The summed E-state index contributed by atoms with van der Waals surface area (Å²) in [6.07, 6.45) is 9.51. The highest BCUT2D eigenvalue weighted by atomic mass is 16.1. The minimum absolute atomic E-state index is 0.178. The predicted molar refractivity (Wildman–Crippen MR) is 59.3 cm³/mol. The zero-order valence-corrected chi connectivity index (χ0v) is 9.59. The molecule has 0 spiro atoms. The Labute approximate surface area is 91.8 Å². The molecule has 2 unspecified atom stereocenters. The largest absolute Gasteiger partial charge is 0.351 e. The van der Waals surface area contributed by atoms with Crippen molar-refractivity contribution in [1.29, 1.82) is 0 Å². The molecule has 4 aliphatic rings. The van der Waals surface area contributed by atoms with Crippen LogP contribution >= 0.6 is 0 Å². The average molecular weight is 207 g/mol. The van der Waals surface area contributed by atoms with Crippen LogP contribution in [0.15, 0.2) is 0 Å². The van der Waals surface area contributed by atoms with Crippen molar-refractivity contribution >= 4 is 5.91 Å². The van der Waals surface area contributed by atoms with Crippen molar-refractivity contribution in [2.24, 2.45) is 17.8 Å². The summed E-state index contributed by atoms with van der Waals surface area (Å²) in [4.78, 5) is 11.3. The second kappa shape index (κ2) is 3.23. The number of rotatable bonds is 1. The molecule has 4 rings (SSSR count). The van der Waals surface area contributed by atoms with Crippen LogP contribution in [0.3, 0.4) is 0 Å². The highest BCUT2D eigenvalue weighted by Gasteiger charge is 2.48. The summed E-state index contributed by atoms with van der Waals surface area (Å²) in [6, 6.07) is 0. The molecule has 1 N–H and O–H groups in total. The fourth-order valence-corrected chi connectivity index (χ4v) is 4.72. The van der Waals surface area contributed by atoms with Crippen LogP contribution in [0.4, 0.5) is 0 Å². The second-order valence-corrected chi connectivity index (χ2v) is 6.22. The normalized spacial score (nSPS) is 47.7. The second-order valence-electron chi connectivity index (χ2n) is 6.22. The van der Waals surface area contributed by atoms with Gasteiger partial charge >= 0.3 is 0 Å². The van der Waals surface area contributed by atoms with Crippen LogP contribution < -0.4 is 5.32 Å². The first-order valence-electron chi connectivity index (χ1n) is 6.44. The van der Waals surface area contributed by atoms with Gasteiger partial charge in [-0.05, 0) is 49.9 Å². The first-order chi connectivity index (χ1) is 7.15. The van der Waals surface area contributed by atoms with Crippen molar-refractivity contribution < 1.29 is 4.79 Å². The highest BCUT2D eigenvalue weighted by Crippen LogP contribution is 2.53. The maximum Gasteiger partial charge on any atom is 0.217 e. The Morgan fingerprint density at radius 3 is 2.13 bits per heavy atom. The van der Waals surface area contributed by atoms with Crippen LogP contribution in [-0.4, -0.2) is 11.4 Å². The van der Waals surface area contributed by atoms with Gasteiger partial charge in [0, 0.05) is 12.5 Å². The molecule has 2 atom stereocenters. The molecular weight excluding hydrogens is 186 g/mol. The summed E-state index contributed by atoms with van der Waals surface area (Å²) in [7, 11) is 0. The third-order valence-corrected chi connectivity index (χ3v) is 4.80. The summed E-state index contributed by atoms with van der Waals surface area (Å²) >= 11 is 0. The van der Waals surface area contributed by atoms with Gasteiger partial charge in [0.05, 0.1) is 0 Å². The third kappa shape index (κ3) is 1.68. The SMILES string of the molecule is CC(=O)NC12CC3CCC(CC(C3)C1)C2. The van der Waals surface area contributed by atoms with Crippen molar-refractivity contribution in [3.63, 3.8) is 0 Å². The lowest BCUT2D eigenvalue weighted by atomic mass is 9.63. The van der Waals surface area contributed by atoms with E-state index in [-0.39, 0.29) is 11.4 Å². The van der Waals surface area contributed by atoms with E-state index in [4.69, 9.17) is 0 Å². The number of amides is 1. The van der Waals surface area contributed by atoms with Crippen LogP contribution in [0.1, 0.15) is 51.9 Å². The van der Waals surface area contributed by atoms with Gasteiger partial charge in [-0.3, -0.25) is 4.79 Å². The van der Waals surface area contributed by atoms with Crippen molar-refractivity contribution in [3.8, 4) is 0 Å². The average Bonchev–Trinajstić information content (AvgIpc) is 2.29. The van der Waals surface area contributed by atoms with E-state index in [2.05, 4.69) is 5.32 Å². The number of carbonyl (C=O) groups is 1. The number of nitrogens with one attached hydrogen (secondary N) is 1. The maximum absolute atomic E-state index is 11.3. The first kappa shape index (κ1) is 9.68. The molecule has 2 heteroatoms. The van der Waals surface area contributed by atoms with Gasteiger partial charge in [-0.15, -0.1) is 0 Å². The number of hydrogen-bond acceptors (Lipinski definition) is 1. The molecule has 4 fully saturated rings. The Morgan fingerprint density at radius 2 is 1.60 bits per heavy atom. The fourth-order valence-electron chi connectivity index (χ4n) is 4.72. The molecular formula is C13H21NO. The molecule has 84 valence electrons. The van der Waals surface area contributed by atoms with E-state index >= 15 is 0 Å². The minimum atomic E-state index is 0.178. The zero-order valence-electron chi connectivity index (χ0n) is 9.59. The Kier molecular flexibility index (Phi) is 2.08. The minimum Gasteiger partial charge on any atom is -0.351 e. The van der Waals surface area contributed by atoms with Crippen LogP contribution in [0.2, 0.25) is 0 Å². The highest BCUT2D eigenvalue weighted by molar-refractivity contribution is 5.73. The maximum atomic E-state index is 11.3. The molecule has 0 aromatic rings. The Hall–Kier alpha value is -0.530. The van der Waals surface area contributed by atoms with Crippen LogP contribution in [0.25, 0.3) is 0 Å². The summed E-state index contributed by atoms with van der Waals surface area (Å²) in [5.41, 5.74) is 0.207. The van der Waals surface area contributed by atoms with Gasteiger partial charge in [0.1, 0.15) is 0 Å². The van der Waals surface area contributed by atoms with E-state index in [9.17, 15) is 4.79 Å². The van der Waals surface area contributed by atoms with Crippen LogP contribution in [0, 0.1) is 17.8 Å². The van der Waals surface area contributed by atoms with E-state index < -0.39 is 0 Å². The number of fused-ring (bicyclic) bond motifs is 1. The lowest BCUT2D eigenvalue weighted by Crippen LogP contribution is -2.55. The van der Waals surface area contributed by atoms with E-state index in [1.54, 1.807) is 6.92 Å². The summed E-state index contributed by atoms with van der Waals surface area (Å²) in [6.45, 7) is 1.68. The summed E-state index contributed by atoms with van der Waals surface area (Å²) < 4.78 is 0. The molecule has 0 aliphatic heterocycles. The fraction of sp³-hybridized carbons (Fsp3) is 0.923. The summed E-state index contributed by atoms with van der Waals surface area (Å²) in [5.74, 6) is 2.90. The third-order valence-electron chi connectivity index (χ3n) is 4.80. The van der Waals surface area contributed by atoms with Crippen molar-refractivity contribution in [2.45, 2.75) is 57.4 Å². The lowest BCUT2D eigenvalue weighted by Gasteiger charge is -2.48. The van der Waals surface area contributed by atoms with Crippen molar-refractivity contribution in [1.82, 2.24) is 5.32 Å². The van der Waals surface area contributed by atoms with Crippen LogP contribution in [0.5, 0.6) is 0 Å². The Morgan fingerprint density at radius 1 is 1.07 bits per heavy atom. The molecule has 2 nitrogen and oxygen atoms in total. The Balaban J connectivity index is 1.87. The van der Waals surface area contributed by atoms with Gasteiger partial charge in [-0.2, -0.15) is 0 Å². The molecule has 0 heterocycles.